The highest BCUT2D eigenvalue weighted by atomic mass is 79.9. The van der Waals surface area contributed by atoms with E-state index in [-0.39, 0.29) is 17.6 Å². The van der Waals surface area contributed by atoms with Crippen molar-refractivity contribution in [2.45, 2.75) is 13.3 Å². The van der Waals surface area contributed by atoms with E-state index in [1.54, 1.807) is 23.1 Å². The van der Waals surface area contributed by atoms with Gasteiger partial charge in [0, 0.05) is 34.9 Å². The molecule has 1 aromatic rings. The number of benzene rings is 1. The first-order valence-corrected chi connectivity index (χ1v) is 6.93. The first kappa shape index (κ1) is 13.6. The van der Waals surface area contributed by atoms with E-state index in [0.717, 1.165) is 4.47 Å². The van der Waals surface area contributed by atoms with Crippen molar-refractivity contribution >= 4 is 39.2 Å². The number of halogens is 2. The second kappa shape index (κ2) is 5.41. The van der Waals surface area contributed by atoms with E-state index >= 15 is 0 Å². The van der Waals surface area contributed by atoms with Crippen molar-refractivity contribution in [2.75, 3.05) is 13.1 Å². The first-order valence-electron chi connectivity index (χ1n) is 5.76. The highest BCUT2D eigenvalue weighted by Gasteiger charge is 2.28. The average Bonchev–Trinajstić information content (AvgIpc) is 2.35. The summed E-state index contributed by atoms with van der Waals surface area (Å²) < 4.78 is 0.724. The van der Waals surface area contributed by atoms with Crippen molar-refractivity contribution in [2.24, 2.45) is 5.92 Å². The van der Waals surface area contributed by atoms with E-state index in [0.29, 0.717) is 30.1 Å². The maximum Gasteiger partial charge on any atom is 0.255 e. The third-order valence-corrected chi connectivity index (χ3v) is 4.04. The minimum absolute atomic E-state index is 0.0799. The number of carbonyl (C=O) groups excluding carboxylic acids is 2. The van der Waals surface area contributed by atoms with Crippen LogP contribution in [0, 0.1) is 5.92 Å². The van der Waals surface area contributed by atoms with Crippen LogP contribution in [-0.2, 0) is 4.79 Å². The van der Waals surface area contributed by atoms with E-state index in [4.69, 9.17) is 11.6 Å². The number of hydrogen-bond donors (Lipinski definition) is 0. The standard InChI is InChI=1S/C13H13BrClNO2/c1-8-7-16(5-4-12(8)17)13(18)10-6-9(15)2-3-11(10)14/h2-3,6,8H,4-5,7H2,1H3. The molecule has 1 amide bonds. The first-order chi connectivity index (χ1) is 8.49. The number of piperidine rings is 1. The fraction of sp³-hybridized carbons (Fsp3) is 0.385. The van der Waals surface area contributed by atoms with Crippen LogP contribution in [-0.4, -0.2) is 29.7 Å². The molecule has 0 radical (unpaired) electrons. The van der Waals surface area contributed by atoms with Crippen LogP contribution in [0.5, 0.6) is 0 Å². The van der Waals surface area contributed by atoms with Gasteiger partial charge in [-0.15, -0.1) is 0 Å². The lowest BCUT2D eigenvalue weighted by atomic mass is 9.98. The Labute approximate surface area is 119 Å². The molecule has 0 saturated carbocycles. The van der Waals surface area contributed by atoms with Gasteiger partial charge in [0.1, 0.15) is 5.78 Å². The molecule has 96 valence electrons. The summed E-state index contributed by atoms with van der Waals surface area (Å²) >= 11 is 9.26. The average molecular weight is 331 g/mol. The molecule has 3 nitrogen and oxygen atoms in total. The number of likely N-dealkylation sites (tertiary alicyclic amines) is 1. The fourth-order valence-corrected chi connectivity index (χ4v) is 2.62. The number of nitrogens with zero attached hydrogens (tertiary/aromatic N) is 1. The summed E-state index contributed by atoms with van der Waals surface area (Å²) in [6.45, 7) is 2.83. The number of Topliss-reactive ketones (excluding diaryl/α,β-unsaturated/α-hetero) is 1. The van der Waals surface area contributed by atoms with Gasteiger partial charge in [-0.1, -0.05) is 18.5 Å². The van der Waals surface area contributed by atoms with E-state index in [9.17, 15) is 9.59 Å². The Bertz CT molecular complexity index is 504. The Morgan fingerprint density at radius 1 is 1.50 bits per heavy atom. The van der Waals surface area contributed by atoms with Gasteiger partial charge in [0.2, 0.25) is 0 Å². The molecule has 2 rings (SSSR count). The van der Waals surface area contributed by atoms with Gasteiger partial charge in [-0.25, -0.2) is 0 Å². The molecular formula is C13H13BrClNO2. The highest BCUT2D eigenvalue weighted by Crippen LogP contribution is 2.24. The largest absolute Gasteiger partial charge is 0.337 e. The van der Waals surface area contributed by atoms with E-state index < -0.39 is 0 Å². The molecule has 1 heterocycles. The molecule has 0 spiro atoms. The zero-order valence-corrected chi connectivity index (χ0v) is 12.3. The minimum Gasteiger partial charge on any atom is -0.337 e. The molecule has 0 bridgehead atoms. The highest BCUT2D eigenvalue weighted by molar-refractivity contribution is 9.10. The topological polar surface area (TPSA) is 37.4 Å². The van der Waals surface area contributed by atoms with Crippen LogP contribution < -0.4 is 0 Å². The van der Waals surface area contributed by atoms with Gasteiger partial charge < -0.3 is 4.90 Å². The van der Waals surface area contributed by atoms with Gasteiger partial charge in [-0.3, -0.25) is 9.59 Å². The van der Waals surface area contributed by atoms with Crippen molar-refractivity contribution in [3.63, 3.8) is 0 Å². The second-order valence-corrected chi connectivity index (χ2v) is 5.78. The van der Waals surface area contributed by atoms with Gasteiger partial charge in [-0.2, -0.15) is 0 Å². The summed E-state index contributed by atoms with van der Waals surface area (Å²) in [5.41, 5.74) is 0.545. The van der Waals surface area contributed by atoms with Crippen LogP contribution in [0.25, 0.3) is 0 Å². The maximum absolute atomic E-state index is 12.4. The van der Waals surface area contributed by atoms with Crippen molar-refractivity contribution in [1.29, 1.82) is 0 Å². The van der Waals surface area contributed by atoms with Crippen molar-refractivity contribution < 1.29 is 9.59 Å². The summed E-state index contributed by atoms with van der Waals surface area (Å²) in [5, 5.41) is 0.530. The summed E-state index contributed by atoms with van der Waals surface area (Å²) in [4.78, 5) is 25.5. The molecule has 0 aliphatic carbocycles. The van der Waals surface area contributed by atoms with Crippen LogP contribution >= 0.6 is 27.5 Å². The smallest absolute Gasteiger partial charge is 0.255 e. The van der Waals surface area contributed by atoms with Crippen molar-refractivity contribution in [3.05, 3.63) is 33.3 Å². The van der Waals surface area contributed by atoms with Crippen LogP contribution in [0.4, 0.5) is 0 Å². The Balaban J connectivity index is 2.21. The second-order valence-electron chi connectivity index (χ2n) is 4.49. The summed E-state index contributed by atoms with van der Waals surface area (Å²) in [6.07, 6.45) is 0.436. The number of carbonyl (C=O) groups is 2. The van der Waals surface area contributed by atoms with Gasteiger partial charge in [0.05, 0.1) is 5.56 Å². The fourth-order valence-electron chi connectivity index (χ4n) is 2.03. The molecule has 1 saturated heterocycles. The summed E-state index contributed by atoms with van der Waals surface area (Å²) in [7, 11) is 0. The molecule has 5 heteroatoms. The van der Waals surface area contributed by atoms with Crippen molar-refractivity contribution in [1.82, 2.24) is 4.90 Å². The lowest BCUT2D eigenvalue weighted by Gasteiger charge is -2.30. The van der Waals surface area contributed by atoms with Gasteiger partial charge in [0.15, 0.2) is 0 Å². The van der Waals surface area contributed by atoms with Crippen LogP contribution in [0.2, 0.25) is 5.02 Å². The maximum atomic E-state index is 12.4. The lowest BCUT2D eigenvalue weighted by Crippen LogP contribution is -2.43. The Hall–Kier alpha value is -0.870. The predicted molar refractivity (Wildman–Crippen MR) is 73.8 cm³/mol. The van der Waals surface area contributed by atoms with Crippen LogP contribution in [0.1, 0.15) is 23.7 Å². The molecule has 1 aromatic carbocycles. The van der Waals surface area contributed by atoms with Gasteiger partial charge >= 0.3 is 0 Å². The molecule has 1 aliphatic rings. The molecule has 1 unspecified atom stereocenters. The van der Waals surface area contributed by atoms with E-state index in [1.807, 2.05) is 6.92 Å². The monoisotopic (exact) mass is 329 g/mol. The Kier molecular flexibility index (Phi) is 4.07. The number of hydrogen-bond acceptors (Lipinski definition) is 2. The molecule has 1 atom stereocenters. The molecule has 0 aromatic heterocycles. The quantitative estimate of drug-likeness (QED) is 0.793. The number of ketones is 1. The van der Waals surface area contributed by atoms with E-state index in [2.05, 4.69) is 15.9 Å². The predicted octanol–water partition coefficient (Wildman–Crippen LogP) is 3.15. The van der Waals surface area contributed by atoms with Gasteiger partial charge in [0.25, 0.3) is 5.91 Å². The van der Waals surface area contributed by atoms with Gasteiger partial charge in [-0.05, 0) is 34.1 Å². The SMILES string of the molecule is CC1CN(C(=O)c2cc(Cl)ccc2Br)CCC1=O. The summed E-state index contributed by atoms with van der Waals surface area (Å²) in [5.74, 6) is 0.0635. The Morgan fingerprint density at radius 3 is 2.89 bits per heavy atom. The van der Waals surface area contributed by atoms with Crippen LogP contribution in [0.3, 0.4) is 0 Å². The van der Waals surface area contributed by atoms with Crippen LogP contribution in [0.15, 0.2) is 22.7 Å². The Morgan fingerprint density at radius 2 is 2.22 bits per heavy atom. The lowest BCUT2D eigenvalue weighted by molar-refractivity contribution is -0.124. The molecule has 0 N–H and O–H groups in total. The molecule has 18 heavy (non-hydrogen) atoms. The molecule has 1 fully saturated rings. The zero-order chi connectivity index (χ0) is 13.3. The minimum atomic E-state index is -0.0827. The zero-order valence-electron chi connectivity index (χ0n) is 9.95. The third kappa shape index (κ3) is 2.75. The number of rotatable bonds is 1. The normalized spacial score (nSPS) is 20.1. The van der Waals surface area contributed by atoms with E-state index in [1.165, 1.54) is 0 Å². The third-order valence-electron chi connectivity index (χ3n) is 3.12. The summed E-state index contributed by atoms with van der Waals surface area (Å²) in [6, 6.07) is 5.13. The molecule has 1 aliphatic heterocycles. The van der Waals surface area contributed by atoms with Crippen molar-refractivity contribution in [3.8, 4) is 0 Å². The molecular weight excluding hydrogens is 318 g/mol. The number of amides is 1.